The number of hydrogen-bond donors (Lipinski definition) is 2. The summed E-state index contributed by atoms with van der Waals surface area (Å²) in [5.41, 5.74) is -0.683. The van der Waals surface area contributed by atoms with E-state index in [1.54, 1.807) is 0 Å². The molecule has 0 aliphatic heterocycles. The zero-order valence-electron chi connectivity index (χ0n) is 6.14. The minimum absolute atomic E-state index is 0.0578. The summed E-state index contributed by atoms with van der Waals surface area (Å²) in [4.78, 5) is 15.7. The molecular weight excluding hydrogens is 170 g/mol. The number of carbonyl (C=O) groups is 1. The Morgan fingerprint density at radius 2 is 2.33 bits per heavy atom. The molecule has 0 radical (unpaired) electrons. The van der Waals surface area contributed by atoms with Crippen molar-refractivity contribution in [3.05, 3.63) is 17.7 Å². The second-order valence-corrected chi connectivity index (χ2v) is 2.26. The smallest absolute Gasteiger partial charge is 0.385 e. The predicted octanol–water partition coefficient (Wildman–Crippen LogP) is 0.895. The number of aliphatic carboxylic acids is 1. The number of aromatic amines is 1. The van der Waals surface area contributed by atoms with E-state index >= 15 is 0 Å². The molecule has 12 heavy (non-hydrogen) atoms. The molecule has 0 aliphatic rings. The van der Waals surface area contributed by atoms with Crippen molar-refractivity contribution in [3.63, 3.8) is 0 Å². The zero-order valence-corrected chi connectivity index (χ0v) is 6.14. The molecule has 0 amide bonds. The van der Waals surface area contributed by atoms with Crippen LogP contribution in [-0.2, 0) is 10.7 Å². The highest BCUT2D eigenvalue weighted by atomic mass is 19.3. The molecule has 1 heterocycles. The summed E-state index contributed by atoms with van der Waals surface area (Å²) in [5, 5.41) is 8.13. The number of nitrogens with one attached hydrogen (secondary N) is 1. The van der Waals surface area contributed by atoms with Gasteiger partial charge in [-0.05, 0) is 6.92 Å². The summed E-state index contributed by atoms with van der Waals surface area (Å²) in [5.74, 6) is -6.11. The van der Waals surface area contributed by atoms with Gasteiger partial charge in [-0.25, -0.2) is 9.78 Å². The third-order valence-electron chi connectivity index (χ3n) is 1.40. The second kappa shape index (κ2) is 2.54. The number of imidazole rings is 1. The molecule has 0 aromatic carbocycles. The third-order valence-corrected chi connectivity index (χ3v) is 1.40. The Balaban J connectivity index is 3.13. The van der Waals surface area contributed by atoms with Gasteiger partial charge < -0.3 is 10.1 Å². The quantitative estimate of drug-likeness (QED) is 0.703. The Morgan fingerprint density at radius 3 is 2.67 bits per heavy atom. The van der Waals surface area contributed by atoms with Gasteiger partial charge in [-0.15, -0.1) is 0 Å². The zero-order chi connectivity index (χ0) is 9.35. The molecule has 2 N–H and O–H groups in total. The van der Waals surface area contributed by atoms with Crippen LogP contribution in [0.3, 0.4) is 0 Å². The molecule has 0 aliphatic carbocycles. The van der Waals surface area contributed by atoms with Crippen molar-refractivity contribution in [1.82, 2.24) is 9.97 Å². The van der Waals surface area contributed by atoms with E-state index in [1.165, 1.54) is 6.92 Å². The van der Waals surface area contributed by atoms with Gasteiger partial charge in [0.1, 0.15) is 5.69 Å². The first-order chi connectivity index (χ1) is 5.46. The molecule has 0 bridgehead atoms. The van der Waals surface area contributed by atoms with E-state index in [2.05, 4.69) is 9.97 Å². The van der Waals surface area contributed by atoms with Crippen molar-refractivity contribution in [1.29, 1.82) is 0 Å². The van der Waals surface area contributed by atoms with E-state index in [-0.39, 0.29) is 5.69 Å². The first-order valence-corrected chi connectivity index (χ1v) is 3.08. The Bertz CT molecular complexity index is 308. The van der Waals surface area contributed by atoms with Crippen molar-refractivity contribution in [2.75, 3.05) is 0 Å². The Hall–Kier alpha value is -1.46. The van der Waals surface area contributed by atoms with E-state index in [4.69, 9.17) is 5.11 Å². The largest absolute Gasteiger partial charge is 0.476 e. The summed E-state index contributed by atoms with van der Waals surface area (Å²) >= 11 is 0. The Morgan fingerprint density at radius 1 is 1.75 bits per heavy atom. The summed E-state index contributed by atoms with van der Waals surface area (Å²) < 4.78 is 25.4. The minimum Gasteiger partial charge on any atom is -0.476 e. The maximum Gasteiger partial charge on any atom is 0.385 e. The summed E-state index contributed by atoms with van der Waals surface area (Å²) in [6.45, 7) is 1.33. The maximum atomic E-state index is 12.7. The van der Waals surface area contributed by atoms with Gasteiger partial charge in [0, 0.05) is 5.69 Å². The van der Waals surface area contributed by atoms with E-state index in [0.717, 1.165) is 6.33 Å². The van der Waals surface area contributed by atoms with Crippen LogP contribution in [0.15, 0.2) is 6.33 Å². The Labute approximate surface area is 66.2 Å². The molecule has 1 aromatic heterocycles. The topological polar surface area (TPSA) is 66.0 Å². The van der Waals surface area contributed by atoms with Gasteiger partial charge >= 0.3 is 11.9 Å². The molecular formula is C6H6F2N2O2. The monoisotopic (exact) mass is 176 g/mol. The van der Waals surface area contributed by atoms with E-state index in [1.807, 2.05) is 0 Å². The number of carboxylic acid groups (broad SMARTS) is 1. The van der Waals surface area contributed by atoms with Crippen molar-refractivity contribution in [3.8, 4) is 0 Å². The average molecular weight is 176 g/mol. The van der Waals surface area contributed by atoms with Crippen LogP contribution in [0.25, 0.3) is 0 Å². The van der Waals surface area contributed by atoms with Gasteiger partial charge in [0.05, 0.1) is 6.33 Å². The molecule has 0 atom stereocenters. The van der Waals surface area contributed by atoms with Gasteiger partial charge in [-0.2, -0.15) is 8.78 Å². The molecule has 0 saturated carbocycles. The van der Waals surface area contributed by atoms with Crippen LogP contribution < -0.4 is 0 Å². The second-order valence-electron chi connectivity index (χ2n) is 2.26. The molecule has 1 rings (SSSR count). The Kier molecular flexibility index (Phi) is 1.83. The fourth-order valence-corrected chi connectivity index (χ4v) is 0.777. The number of nitrogens with zero attached hydrogens (tertiary/aromatic N) is 1. The number of H-pyrrole nitrogens is 1. The molecule has 6 heteroatoms. The average Bonchev–Trinajstić information content (AvgIpc) is 2.35. The normalized spacial score (nSPS) is 11.6. The highest BCUT2D eigenvalue weighted by molar-refractivity contribution is 5.76. The number of alkyl halides is 2. The number of hydrogen-bond acceptors (Lipinski definition) is 2. The summed E-state index contributed by atoms with van der Waals surface area (Å²) in [7, 11) is 0. The van der Waals surface area contributed by atoms with Crippen LogP contribution in [-0.4, -0.2) is 21.0 Å². The van der Waals surface area contributed by atoms with Gasteiger partial charge in [-0.1, -0.05) is 0 Å². The highest BCUT2D eigenvalue weighted by Gasteiger charge is 2.44. The number of aryl methyl sites for hydroxylation is 1. The minimum atomic E-state index is -3.91. The third kappa shape index (κ3) is 1.15. The fraction of sp³-hybridized carbons (Fsp3) is 0.333. The van der Waals surface area contributed by atoms with Crippen molar-refractivity contribution in [2.24, 2.45) is 0 Å². The van der Waals surface area contributed by atoms with E-state index in [9.17, 15) is 13.6 Å². The molecule has 1 aromatic rings. The van der Waals surface area contributed by atoms with Crippen LogP contribution >= 0.6 is 0 Å². The lowest BCUT2D eigenvalue weighted by Gasteiger charge is -2.07. The standard InChI is InChI=1S/C6H6F2N2O2/c1-3-4(10-2-9-3)6(7,8)5(11)12/h2H,1H3,(H,9,10)(H,11,12). The molecule has 4 nitrogen and oxygen atoms in total. The number of aromatic nitrogens is 2. The van der Waals surface area contributed by atoms with Crippen LogP contribution in [0.1, 0.15) is 11.4 Å². The highest BCUT2D eigenvalue weighted by Crippen LogP contribution is 2.27. The fourth-order valence-electron chi connectivity index (χ4n) is 0.777. The van der Waals surface area contributed by atoms with Gasteiger partial charge in [0.15, 0.2) is 0 Å². The summed E-state index contributed by atoms with van der Waals surface area (Å²) in [6, 6.07) is 0. The van der Waals surface area contributed by atoms with Crippen molar-refractivity contribution in [2.45, 2.75) is 12.8 Å². The van der Waals surface area contributed by atoms with Crippen LogP contribution in [0.4, 0.5) is 8.78 Å². The van der Waals surface area contributed by atoms with Gasteiger partial charge in [0.2, 0.25) is 0 Å². The maximum absolute atomic E-state index is 12.7. The van der Waals surface area contributed by atoms with E-state index < -0.39 is 17.6 Å². The van der Waals surface area contributed by atoms with Crippen molar-refractivity contribution < 1.29 is 18.7 Å². The SMILES string of the molecule is Cc1[nH]cnc1C(F)(F)C(=O)O. The van der Waals surface area contributed by atoms with Crippen LogP contribution in [0.5, 0.6) is 0 Å². The summed E-state index contributed by atoms with van der Waals surface area (Å²) in [6.07, 6.45) is 1.03. The predicted molar refractivity (Wildman–Crippen MR) is 34.9 cm³/mol. The molecule has 0 spiro atoms. The van der Waals surface area contributed by atoms with Crippen molar-refractivity contribution >= 4 is 5.97 Å². The number of rotatable bonds is 2. The van der Waals surface area contributed by atoms with Gasteiger partial charge in [0.25, 0.3) is 0 Å². The lowest BCUT2D eigenvalue weighted by molar-refractivity contribution is -0.167. The first kappa shape index (κ1) is 8.63. The van der Waals surface area contributed by atoms with E-state index in [0.29, 0.717) is 0 Å². The lowest BCUT2D eigenvalue weighted by Crippen LogP contribution is -2.26. The molecule has 0 saturated heterocycles. The first-order valence-electron chi connectivity index (χ1n) is 3.08. The number of halogens is 2. The van der Waals surface area contributed by atoms with Crippen LogP contribution in [0, 0.1) is 6.92 Å². The lowest BCUT2D eigenvalue weighted by atomic mass is 10.2. The van der Waals surface area contributed by atoms with Gasteiger partial charge in [-0.3, -0.25) is 0 Å². The molecule has 0 fully saturated rings. The molecule has 0 unspecified atom stereocenters. The number of carboxylic acids is 1. The molecule has 66 valence electrons. The van der Waals surface area contributed by atoms with Crippen LogP contribution in [0.2, 0.25) is 0 Å².